The normalized spacial score (nSPS) is 16.1. The van der Waals surface area contributed by atoms with E-state index in [2.05, 4.69) is 35.0 Å². The van der Waals surface area contributed by atoms with Gasteiger partial charge < -0.3 is 10.2 Å². The van der Waals surface area contributed by atoms with Crippen molar-refractivity contribution in [3.63, 3.8) is 0 Å². The van der Waals surface area contributed by atoms with Crippen LogP contribution in [0.4, 0.5) is 9.39 Å². The zero-order chi connectivity index (χ0) is 22.5. The summed E-state index contributed by atoms with van der Waals surface area (Å²) in [5.74, 6) is -0.342. The molecule has 2 heterocycles. The Bertz CT molecular complexity index is 1030. The molecule has 1 fully saturated rings. The van der Waals surface area contributed by atoms with Crippen LogP contribution in [0.5, 0.6) is 0 Å². The van der Waals surface area contributed by atoms with Crippen LogP contribution in [0, 0.1) is 5.82 Å². The Morgan fingerprint density at radius 1 is 1.03 bits per heavy atom. The fourth-order valence-corrected chi connectivity index (χ4v) is 5.29. The molecule has 1 aliphatic rings. The number of hydrogen-bond donors (Lipinski definition) is 1. The average molecular weight is 452 g/mol. The number of halogens is 1. The maximum Gasteiger partial charge on any atom is 0.256 e. The first-order valence-corrected chi connectivity index (χ1v) is 12.1. The number of amides is 1. The van der Waals surface area contributed by atoms with Crippen molar-refractivity contribution in [3.05, 3.63) is 88.0 Å². The summed E-state index contributed by atoms with van der Waals surface area (Å²) < 4.78 is 13.7. The van der Waals surface area contributed by atoms with E-state index in [0.29, 0.717) is 5.56 Å². The number of piperazine rings is 1. The molecule has 4 nitrogen and oxygen atoms in total. The van der Waals surface area contributed by atoms with Crippen molar-refractivity contribution >= 4 is 22.2 Å². The number of carbonyl (C=O) groups is 1. The Hall–Kier alpha value is -2.54. The Morgan fingerprint density at radius 3 is 2.34 bits per heavy atom. The number of likely N-dealkylation sites (N-methyl/N-ethyl adjacent to an activating group) is 1. The number of nitrogens with zero attached hydrogens (tertiary/aromatic N) is 2. The summed E-state index contributed by atoms with van der Waals surface area (Å²) in [4.78, 5) is 19.1. The van der Waals surface area contributed by atoms with E-state index in [4.69, 9.17) is 0 Å². The van der Waals surface area contributed by atoms with Crippen LogP contribution in [0.15, 0.2) is 60.7 Å². The Labute approximate surface area is 193 Å². The van der Waals surface area contributed by atoms with Gasteiger partial charge in [-0.2, -0.15) is 0 Å². The average Bonchev–Trinajstić information content (AvgIpc) is 3.23. The molecule has 0 radical (unpaired) electrons. The fraction of sp³-hybridized carbons (Fsp3) is 0.346. The van der Waals surface area contributed by atoms with Crippen molar-refractivity contribution in [2.24, 2.45) is 0 Å². The molecule has 0 aliphatic carbocycles. The van der Waals surface area contributed by atoms with Gasteiger partial charge in [0, 0.05) is 42.2 Å². The third-order valence-corrected chi connectivity index (χ3v) is 7.33. The van der Waals surface area contributed by atoms with Crippen LogP contribution in [0.25, 0.3) is 0 Å². The molecule has 1 N–H and O–H groups in total. The van der Waals surface area contributed by atoms with Gasteiger partial charge in [-0.3, -0.25) is 9.69 Å². The van der Waals surface area contributed by atoms with Crippen molar-refractivity contribution in [1.82, 2.24) is 9.80 Å². The maximum absolute atomic E-state index is 13.7. The smallest absolute Gasteiger partial charge is 0.256 e. The first kappa shape index (κ1) is 22.6. The molecule has 1 atom stereocenters. The minimum atomic E-state index is -0.236. The summed E-state index contributed by atoms with van der Waals surface area (Å²) in [6.45, 7) is 9.24. The number of anilines is 1. The van der Waals surface area contributed by atoms with Crippen LogP contribution in [0.1, 0.15) is 46.3 Å². The Morgan fingerprint density at radius 2 is 1.72 bits per heavy atom. The summed E-state index contributed by atoms with van der Waals surface area (Å²) >= 11 is 1.63. The number of thiophene rings is 1. The second-order valence-corrected chi connectivity index (χ2v) is 9.23. The molecule has 1 unspecified atom stereocenters. The van der Waals surface area contributed by atoms with Gasteiger partial charge in [0.15, 0.2) is 0 Å². The van der Waals surface area contributed by atoms with Gasteiger partial charge in [0.2, 0.25) is 0 Å². The van der Waals surface area contributed by atoms with Gasteiger partial charge in [-0.05, 0) is 48.9 Å². The lowest BCUT2D eigenvalue weighted by Gasteiger charge is -2.39. The predicted octanol–water partition coefficient (Wildman–Crippen LogP) is 5.43. The molecule has 0 spiro atoms. The summed E-state index contributed by atoms with van der Waals surface area (Å²) in [6, 6.07) is 18.3. The van der Waals surface area contributed by atoms with Gasteiger partial charge in [0.05, 0.1) is 6.04 Å². The van der Waals surface area contributed by atoms with Gasteiger partial charge in [-0.1, -0.05) is 44.2 Å². The topological polar surface area (TPSA) is 35.6 Å². The van der Waals surface area contributed by atoms with E-state index in [0.717, 1.165) is 55.3 Å². The second kappa shape index (κ2) is 10.4. The van der Waals surface area contributed by atoms with Gasteiger partial charge in [0.25, 0.3) is 5.91 Å². The lowest BCUT2D eigenvalue weighted by molar-refractivity contribution is 0.102. The number of carbonyl (C=O) groups excluding carboxylic acids is 1. The Kier molecular flexibility index (Phi) is 7.35. The molecule has 32 heavy (non-hydrogen) atoms. The van der Waals surface area contributed by atoms with Gasteiger partial charge >= 0.3 is 0 Å². The standard InChI is InChI=1S/C26H30FN3OS/c1-3-22-18-23(26(32-22)28-25(31)20-8-6-5-7-9-20)24(19-10-12-21(27)13-11-19)30-16-14-29(4-2)15-17-30/h5-13,18,24H,3-4,14-17H2,1-2H3,(H,28,31). The SMILES string of the molecule is CCc1cc(C(c2ccc(F)cc2)N2CCN(CC)CC2)c(NC(=O)c2ccccc2)s1. The molecular formula is C26H30FN3OS. The van der Waals surface area contributed by atoms with Crippen LogP contribution < -0.4 is 5.32 Å². The zero-order valence-corrected chi connectivity index (χ0v) is 19.5. The van der Waals surface area contributed by atoms with Crippen molar-refractivity contribution in [3.8, 4) is 0 Å². The molecule has 1 saturated heterocycles. The lowest BCUT2D eigenvalue weighted by atomic mass is 9.97. The minimum Gasteiger partial charge on any atom is -0.313 e. The van der Waals surface area contributed by atoms with Crippen LogP contribution in [-0.2, 0) is 6.42 Å². The molecule has 4 rings (SSSR count). The molecule has 0 saturated carbocycles. The van der Waals surface area contributed by atoms with Crippen LogP contribution in [-0.4, -0.2) is 48.4 Å². The van der Waals surface area contributed by atoms with E-state index in [9.17, 15) is 9.18 Å². The molecule has 1 aliphatic heterocycles. The highest BCUT2D eigenvalue weighted by atomic mass is 32.1. The number of hydrogen-bond acceptors (Lipinski definition) is 4. The molecule has 6 heteroatoms. The highest BCUT2D eigenvalue weighted by Crippen LogP contribution is 2.40. The summed E-state index contributed by atoms with van der Waals surface area (Å²) in [5, 5.41) is 4.05. The number of benzene rings is 2. The first-order valence-electron chi connectivity index (χ1n) is 11.3. The molecule has 1 amide bonds. The second-order valence-electron chi connectivity index (χ2n) is 8.10. The monoisotopic (exact) mass is 451 g/mol. The molecule has 0 bridgehead atoms. The van der Waals surface area contributed by atoms with Gasteiger partial charge in [-0.15, -0.1) is 11.3 Å². The molecule has 1 aromatic heterocycles. The first-order chi connectivity index (χ1) is 15.6. The van der Waals surface area contributed by atoms with Crippen LogP contribution in [0.2, 0.25) is 0 Å². The van der Waals surface area contributed by atoms with E-state index in [1.165, 1.54) is 17.0 Å². The van der Waals surface area contributed by atoms with Crippen LogP contribution in [0.3, 0.4) is 0 Å². The highest BCUT2D eigenvalue weighted by Gasteiger charge is 2.29. The van der Waals surface area contributed by atoms with Gasteiger partial charge in [0.1, 0.15) is 10.8 Å². The maximum atomic E-state index is 13.7. The third kappa shape index (κ3) is 5.09. The van der Waals surface area contributed by atoms with Crippen molar-refractivity contribution in [2.45, 2.75) is 26.3 Å². The molecule has 2 aromatic carbocycles. The fourth-order valence-electron chi connectivity index (χ4n) is 4.27. The minimum absolute atomic E-state index is 0.0303. The summed E-state index contributed by atoms with van der Waals surface area (Å²) in [6.07, 6.45) is 0.901. The highest BCUT2D eigenvalue weighted by molar-refractivity contribution is 7.16. The van der Waals surface area contributed by atoms with E-state index < -0.39 is 0 Å². The largest absolute Gasteiger partial charge is 0.313 e. The number of aryl methyl sites for hydroxylation is 1. The van der Waals surface area contributed by atoms with E-state index in [1.807, 2.05) is 42.5 Å². The van der Waals surface area contributed by atoms with Crippen molar-refractivity contribution in [1.29, 1.82) is 0 Å². The predicted molar refractivity (Wildman–Crippen MR) is 130 cm³/mol. The summed E-state index contributed by atoms with van der Waals surface area (Å²) in [5.41, 5.74) is 2.78. The quantitative estimate of drug-likeness (QED) is 0.520. The van der Waals surface area contributed by atoms with Gasteiger partial charge in [-0.25, -0.2) is 4.39 Å². The lowest BCUT2D eigenvalue weighted by Crippen LogP contribution is -2.47. The Balaban J connectivity index is 1.71. The van der Waals surface area contributed by atoms with Crippen molar-refractivity contribution in [2.75, 3.05) is 38.0 Å². The van der Waals surface area contributed by atoms with Crippen LogP contribution >= 0.6 is 11.3 Å². The van der Waals surface area contributed by atoms with E-state index in [1.54, 1.807) is 11.3 Å². The van der Waals surface area contributed by atoms with Crippen molar-refractivity contribution < 1.29 is 9.18 Å². The molecule has 168 valence electrons. The molecule has 3 aromatic rings. The van der Waals surface area contributed by atoms with E-state index >= 15 is 0 Å². The van der Waals surface area contributed by atoms with E-state index in [-0.39, 0.29) is 17.8 Å². The number of rotatable bonds is 7. The summed E-state index contributed by atoms with van der Waals surface area (Å²) in [7, 11) is 0. The third-order valence-electron chi connectivity index (χ3n) is 6.12. The molecular weight excluding hydrogens is 421 g/mol. The number of nitrogens with one attached hydrogen (secondary N) is 1. The zero-order valence-electron chi connectivity index (χ0n) is 18.7.